The van der Waals surface area contributed by atoms with E-state index in [1.807, 2.05) is 0 Å². The molecule has 4 nitrogen and oxygen atoms in total. The zero-order valence-electron chi connectivity index (χ0n) is 7.44. The van der Waals surface area contributed by atoms with Crippen LogP contribution >= 0.6 is 11.6 Å². The van der Waals surface area contributed by atoms with E-state index in [-0.39, 0.29) is 5.54 Å². The van der Waals surface area contributed by atoms with Gasteiger partial charge < -0.3 is 5.73 Å². The van der Waals surface area contributed by atoms with Crippen molar-refractivity contribution in [1.82, 2.24) is 14.4 Å². The Balaban J connectivity index is 2.34. The van der Waals surface area contributed by atoms with E-state index in [0.29, 0.717) is 5.15 Å². The second-order valence-electron chi connectivity index (χ2n) is 3.71. The SMILES string of the molecule is NC1(c2nccn3c(Cl)cnc23)CC1. The van der Waals surface area contributed by atoms with Crippen LogP contribution in [0.25, 0.3) is 5.65 Å². The van der Waals surface area contributed by atoms with Gasteiger partial charge in [0.2, 0.25) is 0 Å². The monoisotopic (exact) mass is 208 g/mol. The maximum absolute atomic E-state index is 6.08. The van der Waals surface area contributed by atoms with Gasteiger partial charge in [0.1, 0.15) is 10.8 Å². The lowest BCUT2D eigenvalue weighted by atomic mass is 10.2. The second kappa shape index (κ2) is 2.46. The second-order valence-corrected chi connectivity index (χ2v) is 4.09. The first-order valence-corrected chi connectivity index (χ1v) is 4.85. The molecule has 2 aromatic rings. The van der Waals surface area contributed by atoms with Gasteiger partial charge in [0, 0.05) is 12.4 Å². The van der Waals surface area contributed by atoms with Crippen LogP contribution in [-0.2, 0) is 5.54 Å². The van der Waals surface area contributed by atoms with Crippen molar-refractivity contribution >= 4 is 17.2 Å². The molecule has 14 heavy (non-hydrogen) atoms. The molecule has 1 aliphatic carbocycles. The average Bonchev–Trinajstić information content (AvgIpc) is 2.83. The standard InChI is InChI=1S/C9H9ClN4/c10-6-5-13-8-7(9(11)1-2-9)12-3-4-14(6)8/h3-5H,1-2,11H2. The fourth-order valence-corrected chi connectivity index (χ4v) is 1.80. The van der Waals surface area contributed by atoms with Crippen LogP contribution < -0.4 is 5.73 Å². The summed E-state index contributed by atoms with van der Waals surface area (Å²) >= 11 is 5.95. The zero-order chi connectivity index (χ0) is 9.76. The third kappa shape index (κ3) is 0.980. The Morgan fingerprint density at radius 2 is 2.21 bits per heavy atom. The molecule has 5 heteroatoms. The fraction of sp³-hybridized carbons (Fsp3) is 0.333. The number of aromatic nitrogens is 3. The van der Waals surface area contributed by atoms with E-state index in [1.165, 1.54) is 0 Å². The molecule has 2 heterocycles. The Morgan fingerprint density at radius 1 is 1.43 bits per heavy atom. The van der Waals surface area contributed by atoms with Crippen LogP contribution in [0.15, 0.2) is 18.6 Å². The van der Waals surface area contributed by atoms with Gasteiger partial charge in [-0.3, -0.25) is 9.38 Å². The first kappa shape index (κ1) is 8.20. The van der Waals surface area contributed by atoms with Crippen molar-refractivity contribution in [2.45, 2.75) is 18.4 Å². The summed E-state index contributed by atoms with van der Waals surface area (Å²) in [7, 11) is 0. The van der Waals surface area contributed by atoms with Gasteiger partial charge in [0.15, 0.2) is 5.65 Å². The van der Waals surface area contributed by atoms with Crippen molar-refractivity contribution in [2.75, 3.05) is 0 Å². The molecule has 0 unspecified atom stereocenters. The first-order chi connectivity index (χ1) is 6.71. The molecule has 1 saturated carbocycles. The molecule has 0 spiro atoms. The Labute approximate surface area is 85.7 Å². The normalized spacial score (nSPS) is 18.7. The predicted octanol–water partition coefficient (Wildman–Crippen LogP) is 1.33. The number of hydrogen-bond acceptors (Lipinski definition) is 3. The molecule has 0 aliphatic heterocycles. The molecule has 0 atom stereocenters. The van der Waals surface area contributed by atoms with Crippen molar-refractivity contribution in [2.24, 2.45) is 5.73 Å². The molecular weight excluding hydrogens is 200 g/mol. The Morgan fingerprint density at radius 3 is 2.93 bits per heavy atom. The quantitative estimate of drug-likeness (QED) is 0.769. The number of nitrogens with two attached hydrogens (primary N) is 1. The fourth-order valence-electron chi connectivity index (χ4n) is 1.61. The minimum absolute atomic E-state index is 0.267. The van der Waals surface area contributed by atoms with Crippen LogP contribution in [-0.4, -0.2) is 14.4 Å². The minimum Gasteiger partial charge on any atom is -0.320 e. The van der Waals surface area contributed by atoms with Crippen LogP contribution in [0, 0.1) is 0 Å². The van der Waals surface area contributed by atoms with Crippen molar-refractivity contribution < 1.29 is 0 Å². The summed E-state index contributed by atoms with van der Waals surface area (Å²) in [5.74, 6) is 0. The Hall–Kier alpha value is -1.13. The number of rotatable bonds is 1. The summed E-state index contributed by atoms with van der Waals surface area (Å²) in [5.41, 5.74) is 7.45. The van der Waals surface area contributed by atoms with Crippen molar-refractivity contribution in [3.8, 4) is 0 Å². The van der Waals surface area contributed by atoms with Gasteiger partial charge in [0.25, 0.3) is 0 Å². The third-order valence-corrected chi connectivity index (χ3v) is 2.92. The summed E-state index contributed by atoms with van der Waals surface area (Å²) in [6, 6.07) is 0. The number of imidazole rings is 1. The number of nitrogens with zero attached hydrogens (tertiary/aromatic N) is 3. The molecular formula is C9H9ClN4. The van der Waals surface area contributed by atoms with E-state index >= 15 is 0 Å². The van der Waals surface area contributed by atoms with Crippen molar-refractivity contribution in [1.29, 1.82) is 0 Å². The number of fused-ring (bicyclic) bond motifs is 1. The van der Waals surface area contributed by atoms with E-state index < -0.39 is 0 Å². The molecule has 1 fully saturated rings. The van der Waals surface area contributed by atoms with Crippen LogP contribution in [0.5, 0.6) is 0 Å². The van der Waals surface area contributed by atoms with E-state index in [1.54, 1.807) is 23.0 Å². The van der Waals surface area contributed by atoms with Gasteiger partial charge in [-0.25, -0.2) is 4.98 Å². The smallest absolute Gasteiger partial charge is 0.161 e. The molecule has 0 aromatic carbocycles. The largest absolute Gasteiger partial charge is 0.320 e. The number of hydrogen-bond donors (Lipinski definition) is 1. The summed E-state index contributed by atoms with van der Waals surface area (Å²) < 4.78 is 1.80. The number of halogens is 1. The zero-order valence-corrected chi connectivity index (χ0v) is 8.20. The Kier molecular flexibility index (Phi) is 1.44. The molecule has 3 rings (SSSR count). The maximum Gasteiger partial charge on any atom is 0.161 e. The van der Waals surface area contributed by atoms with Gasteiger partial charge in [-0.15, -0.1) is 0 Å². The summed E-state index contributed by atoms with van der Waals surface area (Å²) in [4.78, 5) is 8.50. The molecule has 0 saturated heterocycles. The van der Waals surface area contributed by atoms with Crippen LogP contribution in [0.2, 0.25) is 5.15 Å². The van der Waals surface area contributed by atoms with Gasteiger partial charge in [0.05, 0.1) is 11.7 Å². The highest BCUT2D eigenvalue weighted by Crippen LogP contribution is 2.43. The van der Waals surface area contributed by atoms with Gasteiger partial charge in [-0.1, -0.05) is 11.6 Å². The van der Waals surface area contributed by atoms with Crippen LogP contribution in [0.4, 0.5) is 0 Å². The lowest BCUT2D eigenvalue weighted by Gasteiger charge is -2.08. The van der Waals surface area contributed by atoms with E-state index in [0.717, 1.165) is 24.2 Å². The molecule has 2 N–H and O–H groups in total. The van der Waals surface area contributed by atoms with Crippen molar-refractivity contribution in [3.05, 3.63) is 29.4 Å². The lowest BCUT2D eigenvalue weighted by Crippen LogP contribution is -2.21. The molecule has 2 aromatic heterocycles. The molecule has 72 valence electrons. The summed E-state index contributed by atoms with van der Waals surface area (Å²) in [5, 5.41) is 0.591. The maximum atomic E-state index is 6.08. The first-order valence-electron chi connectivity index (χ1n) is 4.48. The van der Waals surface area contributed by atoms with Crippen molar-refractivity contribution in [3.63, 3.8) is 0 Å². The van der Waals surface area contributed by atoms with Gasteiger partial charge in [-0.2, -0.15) is 0 Å². The highest BCUT2D eigenvalue weighted by Gasteiger charge is 2.43. The van der Waals surface area contributed by atoms with E-state index in [2.05, 4.69) is 9.97 Å². The highest BCUT2D eigenvalue weighted by molar-refractivity contribution is 6.29. The summed E-state index contributed by atoms with van der Waals surface area (Å²) in [6.07, 6.45) is 7.07. The van der Waals surface area contributed by atoms with Gasteiger partial charge in [-0.05, 0) is 12.8 Å². The molecule has 0 bridgehead atoms. The summed E-state index contributed by atoms with van der Waals surface area (Å²) in [6.45, 7) is 0. The highest BCUT2D eigenvalue weighted by atomic mass is 35.5. The Bertz CT molecular complexity index is 500. The van der Waals surface area contributed by atoms with Gasteiger partial charge >= 0.3 is 0 Å². The van der Waals surface area contributed by atoms with E-state index in [9.17, 15) is 0 Å². The van der Waals surface area contributed by atoms with Crippen LogP contribution in [0.3, 0.4) is 0 Å². The third-order valence-electron chi connectivity index (χ3n) is 2.64. The van der Waals surface area contributed by atoms with Crippen LogP contribution in [0.1, 0.15) is 18.5 Å². The molecule has 0 radical (unpaired) electrons. The topological polar surface area (TPSA) is 56.2 Å². The minimum atomic E-state index is -0.267. The average molecular weight is 209 g/mol. The molecule has 1 aliphatic rings. The molecule has 0 amide bonds. The predicted molar refractivity (Wildman–Crippen MR) is 53.1 cm³/mol. The lowest BCUT2D eigenvalue weighted by molar-refractivity contribution is 0.707. The van der Waals surface area contributed by atoms with E-state index in [4.69, 9.17) is 17.3 Å².